The molecule has 1 aromatic heterocycles. The summed E-state index contributed by atoms with van der Waals surface area (Å²) < 4.78 is 0.502. The molecule has 0 atom stereocenters. The molecule has 5 nitrogen and oxygen atoms in total. The Labute approximate surface area is 139 Å². The number of nitrogens with zero attached hydrogens (tertiary/aromatic N) is 2. The molecule has 0 aliphatic carbocycles. The van der Waals surface area contributed by atoms with Gasteiger partial charge >= 0.3 is 11.8 Å². The Hall–Kier alpha value is -3.47. The first kappa shape index (κ1) is 15.4. The van der Waals surface area contributed by atoms with E-state index >= 15 is 0 Å². The molecule has 0 saturated heterocycles. The largest absolute Gasteiger partial charge is 0.711 e. The molecule has 0 aliphatic heterocycles. The summed E-state index contributed by atoms with van der Waals surface area (Å²) in [5.41, 5.74) is 0.649. The lowest BCUT2D eigenvalue weighted by molar-refractivity contribution is -0.591. The Balaban J connectivity index is 2.10. The average molecular weight is 318 g/mol. The van der Waals surface area contributed by atoms with Crippen LogP contribution in [0.1, 0.15) is 20.7 Å². The quantitative estimate of drug-likeness (QED) is 0.424. The molecule has 5 heteroatoms. The fourth-order valence-corrected chi connectivity index (χ4v) is 2.31. The van der Waals surface area contributed by atoms with E-state index in [0.717, 1.165) is 4.90 Å². The van der Waals surface area contributed by atoms with Crippen LogP contribution >= 0.6 is 0 Å². The fraction of sp³-hybridized carbons (Fsp3) is 0. The van der Waals surface area contributed by atoms with Crippen molar-refractivity contribution >= 4 is 17.6 Å². The summed E-state index contributed by atoms with van der Waals surface area (Å²) in [6, 6.07) is 21.4. The number of aromatic nitrogens is 1. The lowest BCUT2D eigenvalue weighted by atomic mass is 10.1. The Morgan fingerprint density at radius 1 is 0.708 bits per heavy atom. The predicted octanol–water partition coefficient (Wildman–Crippen LogP) is 2.81. The molecule has 0 radical (unpaired) electrons. The molecule has 0 aliphatic rings. The molecule has 3 aromatic rings. The highest BCUT2D eigenvalue weighted by atomic mass is 16.5. The number of rotatable bonds is 3. The van der Waals surface area contributed by atoms with Crippen molar-refractivity contribution in [3.63, 3.8) is 0 Å². The van der Waals surface area contributed by atoms with Crippen molar-refractivity contribution in [3.8, 4) is 0 Å². The van der Waals surface area contributed by atoms with Crippen LogP contribution in [0, 0.1) is 5.21 Å². The topological polar surface area (TPSA) is 64.3 Å². The van der Waals surface area contributed by atoms with Crippen LogP contribution in [0.2, 0.25) is 0 Å². The molecular weight excluding hydrogens is 304 g/mol. The van der Waals surface area contributed by atoms with E-state index in [1.54, 1.807) is 66.7 Å². The summed E-state index contributed by atoms with van der Waals surface area (Å²) in [6.07, 6.45) is 1.25. The molecule has 2 aromatic carbocycles. The molecule has 0 unspecified atom stereocenters. The predicted molar refractivity (Wildman–Crippen MR) is 89.4 cm³/mol. The van der Waals surface area contributed by atoms with E-state index in [1.165, 1.54) is 18.3 Å². The van der Waals surface area contributed by atoms with Crippen molar-refractivity contribution in [2.45, 2.75) is 0 Å². The number of imide groups is 1. The van der Waals surface area contributed by atoms with Gasteiger partial charge in [-0.2, -0.15) is 0 Å². The van der Waals surface area contributed by atoms with Crippen molar-refractivity contribution in [2.24, 2.45) is 0 Å². The van der Waals surface area contributed by atoms with Gasteiger partial charge in [-0.1, -0.05) is 42.5 Å². The number of pyridine rings is 1. The zero-order valence-corrected chi connectivity index (χ0v) is 12.7. The van der Waals surface area contributed by atoms with E-state index < -0.39 is 11.8 Å². The molecule has 1 heterocycles. The van der Waals surface area contributed by atoms with Crippen molar-refractivity contribution < 1.29 is 14.3 Å². The SMILES string of the molecule is O=C(c1ccccc1)N(C(=O)c1ccccc1)c1cccc[n+]1[O-]. The first-order valence-corrected chi connectivity index (χ1v) is 7.35. The first-order chi connectivity index (χ1) is 11.7. The highest BCUT2D eigenvalue weighted by Gasteiger charge is 2.35. The zero-order chi connectivity index (χ0) is 16.9. The van der Waals surface area contributed by atoms with Gasteiger partial charge in [-0.3, -0.25) is 0 Å². The van der Waals surface area contributed by atoms with Gasteiger partial charge in [0.15, 0.2) is 0 Å². The van der Waals surface area contributed by atoms with Crippen LogP contribution in [0.15, 0.2) is 85.1 Å². The van der Waals surface area contributed by atoms with Crippen molar-refractivity contribution in [3.05, 3.63) is 101 Å². The van der Waals surface area contributed by atoms with Crippen LogP contribution in [0.25, 0.3) is 0 Å². The molecule has 0 N–H and O–H groups in total. The van der Waals surface area contributed by atoms with Crippen molar-refractivity contribution in [2.75, 3.05) is 4.90 Å². The van der Waals surface area contributed by atoms with E-state index in [-0.39, 0.29) is 5.82 Å². The maximum Gasteiger partial charge on any atom is 0.349 e. The van der Waals surface area contributed by atoms with Gasteiger partial charge in [-0.05, 0) is 30.3 Å². The zero-order valence-electron chi connectivity index (χ0n) is 12.7. The normalized spacial score (nSPS) is 10.2. The Morgan fingerprint density at radius 3 is 1.62 bits per heavy atom. The van der Waals surface area contributed by atoms with Gasteiger partial charge in [0.25, 0.3) is 5.82 Å². The van der Waals surface area contributed by atoms with Crippen molar-refractivity contribution in [1.82, 2.24) is 0 Å². The fourth-order valence-electron chi connectivity index (χ4n) is 2.31. The van der Waals surface area contributed by atoms with Gasteiger partial charge < -0.3 is 5.21 Å². The monoisotopic (exact) mass is 318 g/mol. The van der Waals surface area contributed by atoms with Crippen LogP contribution in [0.5, 0.6) is 0 Å². The molecule has 0 saturated carbocycles. The van der Waals surface area contributed by atoms with Gasteiger partial charge in [0.2, 0.25) is 0 Å². The lowest BCUT2D eigenvalue weighted by Crippen LogP contribution is -2.45. The molecule has 118 valence electrons. The highest BCUT2D eigenvalue weighted by molar-refractivity contribution is 6.24. The second kappa shape index (κ2) is 6.75. The second-order valence-corrected chi connectivity index (χ2v) is 5.06. The summed E-state index contributed by atoms with van der Waals surface area (Å²) in [7, 11) is 0. The summed E-state index contributed by atoms with van der Waals surface area (Å²) in [6.45, 7) is 0. The molecular formula is C19H14N2O3. The number of hydrogen-bond donors (Lipinski definition) is 0. The Bertz CT molecular complexity index is 813. The van der Waals surface area contributed by atoms with E-state index in [1.807, 2.05) is 0 Å². The van der Waals surface area contributed by atoms with Gasteiger partial charge in [-0.25, -0.2) is 14.3 Å². The third-order valence-corrected chi connectivity index (χ3v) is 3.48. The summed E-state index contributed by atoms with van der Waals surface area (Å²) >= 11 is 0. The van der Waals surface area contributed by atoms with Gasteiger partial charge in [0.1, 0.15) is 0 Å². The van der Waals surface area contributed by atoms with Crippen LogP contribution in [-0.2, 0) is 0 Å². The summed E-state index contributed by atoms with van der Waals surface area (Å²) in [4.78, 5) is 26.6. The smallest absolute Gasteiger partial charge is 0.349 e. The third kappa shape index (κ3) is 3.01. The summed E-state index contributed by atoms with van der Waals surface area (Å²) in [5, 5.41) is 12.1. The van der Waals surface area contributed by atoms with Crippen LogP contribution in [-0.4, -0.2) is 11.8 Å². The molecule has 2 amide bonds. The number of benzene rings is 2. The molecule has 0 bridgehead atoms. The Kier molecular flexibility index (Phi) is 4.34. The van der Waals surface area contributed by atoms with E-state index in [9.17, 15) is 14.8 Å². The summed E-state index contributed by atoms with van der Waals surface area (Å²) in [5.74, 6) is -1.15. The number of hydrogen-bond acceptors (Lipinski definition) is 3. The maximum atomic E-state index is 12.9. The molecule has 3 rings (SSSR count). The number of anilines is 1. The molecule has 24 heavy (non-hydrogen) atoms. The highest BCUT2D eigenvalue weighted by Crippen LogP contribution is 2.17. The standard InChI is InChI=1S/C19H14N2O3/c22-18(15-9-3-1-4-10-15)21(17-13-7-8-14-20(17)24)19(23)16-11-5-2-6-12-16/h1-14H. The Morgan fingerprint density at radius 2 is 1.17 bits per heavy atom. The third-order valence-electron chi connectivity index (χ3n) is 3.48. The first-order valence-electron chi connectivity index (χ1n) is 7.35. The van der Waals surface area contributed by atoms with Crippen LogP contribution in [0.3, 0.4) is 0 Å². The van der Waals surface area contributed by atoms with Gasteiger partial charge in [0.05, 0.1) is 17.3 Å². The minimum absolute atomic E-state index is 0.0415. The molecule has 0 spiro atoms. The van der Waals surface area contributed by atoms with Crippen molar-refractivity contribution in [1.29, 1.82) is 0 Å². The van der Waals surface area contributed by atoms with E-state index in [2.05, 4.69) is 0 Å². The van der Waals surface area contributed by atoms with Gasteiger partial charge in [-0.15, -0.1) is 4.90 Å². The lowest BCUT2D eigenvalue weighted by Gasteiger charge is -2.17. The van der Waals surface area contributed by atoms with E-state index in [0.29, 0.717) is 15.9 Å². The number of amides is 2. The van der Waals surface area contributed by atoms with Gasteiger partial charge in [0, 0.05) is 6.07 Å². The maximum absolute atomic E-state index is 12.9. The van der Waals surface area contributed by atoms with Crippen LogP contribution in [0.4, 0.5) is 5.82 Å². The van der Waals surface area contributed by atoms with Crippen LogP contribution < -0.4 is 9.63 Å². The minimum Gasteiger partial charge on any atom is -0.711 e. The average Bonchev–Trinajstić information content (AvgIpc) is 2.64. The number of carbonyl (C=O) groups is 2. The molecule has 0 fully saturated rings. The van der Waals surface area contributed by atoms with E-state index in [4.69, 9.17) is 0 Å². The second-order valence-electron chi connectivity index (χ2n) is 5.06. The number of carbonyl (C=O) groups excluding carboxylic acids is 2. The minimum atomic E-state index is -0.555.